The molecule has 2 fully saturated rings. The van der Waals surface area contributed by atoms with Crippen LogP contribution in [0.2, 0.25) is 0 Å². The van der Waals surface area contributed by atoms with Gasteiger partial charge < -0.3 is 20.1 Å². The number of carbonyl (C=O) groups excluding carboxylic acids is 2. The first-order valence-corrected chi connectivity index (χ1v) is 12.1. The Bertz CT molecular complexity index is 1050. The summed E-state index contributed by atoms with van der Waals surface area (Å²) in [5.74, 6) is -0.357. The summed E-state index contributed by atoms with van der Waals surface area (Å²) in [6, 6.07) is 16.5. The van der Waals surface area contributed by atoms with E-state index in [2.05, 4.69) is 29.6 Å². The maximum absolute atomic E-state index is 12.5. The van der Waals surface area contributed by atoms with Gasteiger partial charge in [0.2, 0.25) is 5.91 Å². The Balaban J connectivity index is 1.05. The first-order valence-electron chi connectivity index (χ1n) is 12.1. The number of benzene rings is 2. The number of carboxylic acids is 1. The summed E-state index contributed by atoms with van der Waals surface area (Å²) in [6.07, 6.45) is 2.47. The molecule has 0 radical (unpaired) electrons. The van der Waals surface area contributed by atoms with Gasteiger partial charge in [-0.15, -0.1) is 0 Å². The van der Waals surface area contributed by atoms with Crippen molar-refractivity contribution in [3.8, 4) is 11.1 Å². The normalized spacial score (nSPS) is 23.1. The second-order valence-electron chi connectivity index (χ2n) is 9.80. The smallest absolute Gasteiger partial charge is 0.407 e. The highest BCUT2D eigenvalue weighted by Gasteiger charge is 2.35. The molecule has 7 heteroatoms. The Morgan fingerprint density at radius 2 is 1.59 bits per heavy atom. The molecule has 2 aliphatic carbocycles. The molecular weight excluding hydrogens is 432 g/mol. The molecule has 34 heavy (non-hydrogen) atoms. The monoisotopic (exact) mass is 462 g/mol. The summed E-state index contributed by atoms with van der Waals surface area (Å²) in [6.45, 7) is 1.48. The standard InChI is InChI=1S/C27H30N2O5/c30-25(29-10-9-17(15-29)14-26(31)32)13-18-11-19(12-18)28-27(33)34-16-24-22-7-3-1-5-20(22)21-6-2-4-8-23(21)24/h1-8,17-19,24H,9-16H2,(H,28,33)(H,31,32). The molecule has 178 valence electrons. The zero-order valence-corrected chi connectivity index (χ0v) is 19.1. The number of hydrogen-bond donors (Lipinski definition) is 2. The van der Waals surface area contributed by atoms with Crippen molar-refractivity contribution in [2.45, 2.75) is 44.1 Å². The summed E-state index contributed by atoms with van der Waals surface area (Å²) in [5.41, 5.74) is 4.77. The third-order valence-corrected chi connectivity index (χ3v) is 7.47. The molecule has 2 amide bonds. The minimum atomic E-state index is -0.805. The number of hydrogen-bond acceptors (Lipinski definition) is 4. The van der Waals surface area contributed by atoms with Gasteiger partial charge in [0.25, 0.3) is 0 Å². The van der Waals surface area contributed by atoms with Crippen LogP contribution >= 0.6 is 0 Å². The van der Waals surface area contributed by atoms with Gasteiger partial charge in [0, 0.05) is 37.9 Å². The van der Waals surface area contributed by atoms with Crippen LogP contribution in [-0.2, 0) is 14.3 Å². The summed E-state index contributed by atoms with van der Waals surface area (Å²) >= 11 is 0. The fraction of sp³-hybridized carbons (Fsp3) is 0.444. The van der Waals surface area contributed by atoms with E-state index in [1.54, 1.807) is 4.90 Å². The summed E-state index contributed by atoms with van der Waals surface area (Å²) < 4.78 is 5.61. The predicted molar refractivity (Wildman–Crippen MR) is 126 cm³/mol. The van der Waals surface area contributed by atoms with Crippen LogP contribution in [0.4, 0.5) is 4.79 Å². The van der Waals surface area contributed by atoms with Gasteiger partial charge in [-0.25, -0.2) is 4.79 Å². The fourth-order valence-corrected chi connectivity index (χ4v) is 5.68. The highest BCUT2D eigenvalue weighted by Crippen LogP contribution is 2.44. The van der Waals surface area contributed by atoms with Crippen LogP contribution in [0.3, 0.4) is 0 Å². The van der Waals surface area contributed by atoms with Crippen LogP contribution in [0.25, 0.3) is 11.1 Å². The topological polar surface area (TPSA) is 95.9 Å². The Hall–Kier alpha value is -3.35. The highest BCUT2D eigenvalue weighted by atomic mass is 16.5. The van der Waals surface area contributed by atoms with Crippen molar-refractivity contribution in [1.82, 2.24) is 10.2 Å². The van der Waals surface area contributed by atoms with Gasteiger partial charge in [-0.05, 0) is 53.4 Å². The second kappa shape index (κ2) is 9.49. The molecule has 1 atom stereocenters. The summed E-state index contributed by atoms with van der Waals surface area (Å²) in [7, 11) is 0. The molecule has 0 aromatic heterocycles. The van der Waals surface area contributed by atoms with E-state index in [0.29, 0.717) is 26.1 Å². The molecule has 3 aliphatic rings. The van der Waals surface area contributed by atoms with Crippen molar-refractivity contribution in [1.29, 1.82) is 0 Å². The molecular formula is C27H30N2O5. The molecule has 2 aromatic carbocycles. The van der Waals surface area contributed by atoms with Gasteiger partial charge in [0.1, 0.15) is 6.61 Å². The Labute approximate surface area is 199 Å². The predicted octanol–water partition coefficient (Wildman–Crippen LogP) is 4.02. The van der Waals surface area contributed by atoms with Crippen LogP contribution in [-0.4, -0.2) is 53.7 Å². The number of aliphatic carboxylic acids is 1. The van der Waals surface area contributed by atoms with Crippen LogP contribution in [0, 0.1) is 11.8 Å². The Kier molecular flexibility index (Phi) is 6.26. The molecule has 1 saturated carbocycles. The van der Waals surface area contributed by atoms with Gasteiger partial charge in [-0.3, -0.25) is 9.59 Å². The SMILES string of the molecule is O=C(O)CC1CCN(C(=O)CC2CC(NC(=O)OCC3c4ccccc4-c4ccccc43)C2)C1. The van der Waals surface area contributed by atoms with Crippen molar-refractivity contribution in [3.05, 3.63) is 59.7 Å². The van der Waals surface area contributed by atoms with E-state index in [1.165, 1.54) is 22.3 Å². The number of carbonyl (C=O) groups is 3. The van der Waals surface area contributed by atoms with Gasteiger partial charge in [-0.2, -0.15) is 0 Å². The van der Waals surface area contributed by atoms with E-state index in [4.69, 9.17) is 9.84 Å². The van der Waals surface area contributed by atoms with Crippen LogP contribution in [0.15, 0.2) is 48.5 Å². The number of ether oxygens (including phenoxy) is 1. The maximum Gasteiger partial charge on any atom is 0.407 e. The van der Waals surface area contributed by atoms with Crippen molar-refractivity contribution in [2.75, 3.05) is 19.7 Å². The first kappa shape index (κ1) is 22.4. The van der Waals surface area contributed by atoms with Crippen molar-refractivity contribution in [3.63, 3.8) is 0 Å². The Morgan fingerprint density at radius 3 is 2.24 bits per heavy atom. The third kappa shape index (κ3) is 4.65. The third-order valence-electron chi connectivity index (χ3n) is 7.47. The average molecular weight is 463 g/mol. The molecule has 1 heterocycles. The number of alkyl carbamates (subject to hydrolysis) is 1. The summed E-state index contributed by atoms with van der Waals surface area (Å²) in [5, 5.41) is 11.9. The van der Waals surface area contributed by atoms with E-state index < -0.39 is 12.1 Å². The fourth-order valence-electron chi connectivity index (χ4n) is 5.68. The van der Waals surface area contributed by atoms with Crippen LogP contribution in [0.1, 0.15) is 49.1 Å². The lowest BCUT2D eigenvalue weighted by Gasteiger charge is -2.36. The minimum Gasteiger partial charge on any atom is -0.481 e. The van der Waals surface area contributed by atoms with Gasteiger partial charge in [-0.1, -0.05) is 48.5 Å². The number of nitrogens with one attached hydrogen (secondary N) is 1. The lowest BCUT2D eigenvalue weighted by Crippen LogP contribution is -2.46. The first-order chi connectivity index (χ1) is 16.5. The zero-order valence-electron chi connectivity index (χ0n) is 19.1. The molecule has 2 aromatic rings. The number of nitrogens with zero attached hydrogens (tertiary/aromatic N) is 1. The number of likely N-dealkylation sites (tertiary alicyclic amines) is 1. The van der Waals surface area contributed by atoms with Crippen molar-refractivity contribution in [2.24, 2.45) is 11.8 Å². The molecule has 1 saturated heterocycles. The minimum absolute atomic E-state index is 0.0341. The largest absolute Gasteiger partial charge is 0.481 e. The molecule has 5 rings (SSSR count). The number of fused-ring (bicyclic) bond motifs is 3. The second-order valence-corrected chi connectivity index (χ2v) is 9.80. The van der Waals surface area contributed by atoms with E-state index in [-0.39, 0.29) is 36.1 Å². The molecule has 0 bridgehead atoms. The zero-order chi connectivity index (χ0) is 23.7. The van der Waals surface area contributed by atoms with Crippen molar-refractivity contribution < 1.29 is 24.2 Å². The highest BCUT2D eigenvalue weighted by molar-refractivity contribution is 5.79. The van der Waals surface area contributed by atoms with Crippen molar-refractivity contribution >= 4 is 18.0 Å². The molecule has 1 unspecified atom stereocenters. The van der Waals surface area contributed by atoms with Crippen LogP contribution < -0.4 is 5.32 Å². The van der Waals surface area contributed by atoms with Crippen LogP contribution in [0.5, 0.6) is 0 Å². The van der Waals surface area contributed by atoms with E-state index in [0.717, 1.165) is 19.3 Å². The maximum atomic E-state index is 12.5. The van der Waals surface area contributed by atoms with Gasteiger partial charge in [0.05, 0.1) is 0 Å². The quantitative estimate of drug-likeness (QED) is 0.648. The lowest BCUT2D eigenvalue weighted by molar-refractivity contribution is -0.138. The molecule has 7 nitrogen and oxygen atoms in total. The molecule has 0 spiro atoms. The average Bonchev–Trinajstić information content (AvgIpc) is 3.38. The van der Waals surface area contributed by atoms with E-state index in [9.17, 15) is 14.4 Å². The Morgan fingerprint density at radius 1 is 0.941 bits per heavy atom. The lowest BCUT2D eigenvalue weighted by atomic mass is 9.78. The van der Waals surface area contributed by atoms with E-state index >= 15 is 0 Å². The number of amides is 2. The van der Waals surface area contributed by atoms with E-state index in [1.807, 2.05) is 24.3 Å². The number of carboxylic acid groups (broad SMARTS) is 1. The van der Waals surface area contributed by atoms with Gasteiger partial charge in [0.15, 0.2) is 0 Å². The van der Waals surface area contributed by atoms with Gasteiger partial charge >= 0.3 is 12.1 Å². The molecule has 1 aliphatic heterocycles. The molecule has 2 N–H and O–H groups in total. The summed E-state index contributed by atoms with van der Waals surface area (Å²) in [4.78, 5) is 37.6. The number of rotatable bonds is 7.